The largest absolute Gasteiger partial charge is 0.307 e. The molecule has 0 aliphatic rings. The van der Waals surface area contributed by atoms with Gasteiger partial charge in [-0.25, -0.2) is 9.13 Å². The SMILES string of the molecule is C=Cn1cc[n+](C(CCC)S(=O)(=O)O)c1. The van der Waals surface area contributed by atoms with Crippen molar-refractivity contribution in [2.75, 3.05) is 0 Å². The molecule has 1 N–H and O–H groups in total. The molecule has 0 spiro atoms. The third-order valence-electron chi connectivity index (χ3n) is 2.10. The summed E-state index contributed by atoms with van der Waals surface area (Å²) >= 11 is 0. The van der Waals surface area contributed by atoms with E-state index >= 15 is 0 Å². The Hall–Kier alpha value is -1.14. The van der Waals surface area contributed by atoms with Crippen molar-refractivity contribution in [3.05, 3.63) is 25.3 Å². The first-order valence-corrected chi connectivity index (χ1v) is 6.16. The summed E-state index contributed by atoms with van der Waals surface area (Å²) in [4.78, 5) is 0. The maximum Gasteiger partial charge on any atom is 0.307 e. The highest BCUT2D eigenvalue weighted by molar-refractivity contribution is 7.85. The highest BCUT2D eigenvalue weighted by atomic mass is 32.2. The Bertz CT molecular complexity index is 436. The molecule has 1 atom stereocenters. The van der Waals surface area contributed by atoms with Crippen LogP contribution in [-0.2, 0) is 10.1 Å². The molecule has 1 rings (SSSR count). The third kappa shape index (κ3) is 2.90. The van der Waals surface area contributed by atoms with Gasteiger partial charge in [0.2, 0.25) is 11.7 Å². The van der Waals surface area contributed by atoms with E-state index in [0.29, 0.717) is 12.8 Å². The summed E-state index contributed by atoms with van der Waals surface area (Å²) in [5.74, 6) is 0. The van der Waals surface area contributed by atoms with E-state index in [1.165, 1.54) is 4.57 Å². The highest BCUT2D eigenvalue weighted by Gasteiger charge is 2.28. The summed E-state index contributed by atoms with van der Waals surface area (Å²) in [5, 5.41) is -0.913. The van der Waals surface area contributed by atoms with E-state index in [4.69, 9.17) is 4.55 Å². The average Bonchev–Trinajstić information content (AvgIpc) is 2.60. The summed E-state index contributed by atoms with van der Waals surface area (Å²) in [6, 6.07) is 0. The zero-order valence-electron chi connectivity index (χ0n) is 8.57. The van der Waals surface area contributed by atoms with Crippen LogP contribution in [0.1, 0.15) is 25.1 Å². The van der Waals surface area contributed by atoms with Crippen molar-refractivity contribution in [3.8, 4) is 0 Å². The molecule has 0 bridgehead atoms. The molecular weight excluding hydrogens is 216 g/mol. The maximum atomic E-state index is 11.1. The zero-order chi connectivity index (χ0) is 11.5. The van der Waals surface area contributed by atoms with Crippen molar-refractivity contribution >= 4 is 16.3 Å². The molecule has 0 amide bonds. The molecule has 0 fully saturated rings. The van der Waals surface area contributed by atoms with E-state index in [2.05, 4.69) is 6.58 Å². The zero-order valence-corrected chi connectivity index (χ0v) is 9.39. The van der Waals surface area contributed by atoms with Crippen LogP contribution in [0.4, 0.5) is 0 Å². The van der Waals surface area contributed by atoms with Crippen LogP contribution in [0, 0.1) is 0 Å². The molecule has 0 aromatic carbocycles. The molecule has 1 unspecified atom stereocenters. The normalized spacial score (nSPS) is 13.7. The minimum absolute atomic E-state index is 0.380. The molecule has 84 valence electrons. The topological polar surface area (TPSA) is 63.2 Å². The van der Waals surface area contributed by atoms with Gasteiger partial charge in [-0.3, -0.25) is 4.55 Å². The third-order valence-corrected chi connectivity index (χ3v) is 3.27. The second-order valence-electron chi connectivity index (χ2n) is 3.25. The van der Waals surface area contributed by atoms with Crippen molar-refractivity contribution < 1.29 is 17.5 Å². The Morgan fingerprint density at radius 3 is 2.73 bits per heavy atom. The van der Waals surface area contributed by atoms with E-state index in [9.17, 15) is 8.42 Å². The Kier molecular flexibility index (Phi) is 3.65. The quantitative estimate of drug-likeness (QED) is 0.609. The van der Waals surface area contributed by atoms with Gasteiger partial charge >= 0.3 is 10.1 Å². The Morgan fingerprint density at radius 1 is 1.67 bits per heavy atom. The number of nitrogens with zero attached hydrogens (tertiary/aromatic N) is 2. The van der Waals surface area contributed by atoms with Gasteiger partial charge < -0.3 is 0 Å². The fraction of sp³-hybridized carbons (Fsp3) is 0.444. The summed E-state index contributed by atoms with van der Waals surface area (Å²) in [7, 11) is -4.06. The molecule has 0 aliphatic heterocycles. The van der Waals surface area contributed by atoms with Gasteiger partial charge in [-0.15, -0.1) is 0 Å². The fourth-order valence-corrected chi connectivity index (χ4v) is 2.33. The summed E-state index contributed by atoms with van der Waals surface area (Å²) < 4.78 is 34.4. The van der Waals surface area contributed by atoms with E-state index in [-0.39, 0.29) is 0 Å². The highest BCUT2D eigenvalue weighted by Crippen LogP contribution is 2.12. The van der Waals surface area contributed by atoms with E-state index in [1.807, 2.05) is 6.92 Å². The molecule has 1 aromatic heterocycles. The molecule has 1 aromatic rings. The summed E-state index contributed by atoms with van der Waals surface area (Å²) in [5.41, 5.74) is 0. The van der Waals surface area contributed by atoms with E-state index in [1.54, 1.807) is 29.5 Å². The second-order valence-corrected chi connectivity index (χ2v) is 4.82. The smallest absolute Gasteiger partial charge is 0.282 e. The lowest BCUT2D eigenvalue weighted by Gasteiger charge is -2.08. The number of rotatable bonds is 5. The lowest BCUT2D eigenvalue weighted by Crippen LogP contribution is -2.42. The predicted octanol–water partition coefficient (Wildman–Crippen LogP) is 1.06. The van der Waals surface area contributed by atoms with Gasteiger partial charge in [-0.1, -0.05) is 19.9 Å². The van der Waals surface area contributed by atoms with Crippen molar-refractivity contribution in [2.45, 2.75) is 25.1 Å². The van der Waals surface area contributed by atoms with Crippen LogP contribution in [0.3, 0.4) is 0 Å². The first-order valence-electron chi connectivity index (χ1n) is 4.66. The standard InChI is InChI=1S/C9H14N2O3S/c1-3-5-9(15(12,13)14)11-7-6-10(4-2)8-11/h4,6-9H,2-3,5H2,1H3/p+1. The van der Waals surface area contributed by atoms with Crippen LogP contribution in [0.15, 0.2) is 25.3 Å². The lowest BCUT2D eigenvalue weighted by molar-refractivity contribution is -0.702. The lowest BCUT2D eigenvalue weighted by atomic mass is 10.3. The van der Waals surface area contributed by atoms with Crippen molar-refractivity contribution in [1.82, 2.24) is 4.57 Å². The molecule has 0 radical (unpaired) electrons. The monoisotopic (exact) mass is 231 g/mol. The van der Waals surface area contributed by atoms with Crippen LogP contribution in [0.25, 0.3) is 6.20 Å². The first kappa shape index (κ1) is 11.9. The molecule has 0 aliphatic carbocycles. The molecule has 5 nitrogen and oxygen atoms in total. The van der Waals surface area contributed by atoms with E-state index < -0.39 is 15.5 Å². The van der Waals surface area contributed by atoms with E-state index in [0.717, 1.165) is 0 Å². The maximum absolute atomic E-state index is 11.1. The average molecular weight is 231 g/mol. The van der Waals surface area contributed by atoms with Crippen molar-refractivity contribution in [2.24, 2.45) is 0 Å². The molecular formula is C9H15N2O3S+. The minimum Gasteiger partial charge on any atom is -0.282 e. The fourth-order valence-electron chi connectivity index (χ4n) is 1.36. The van der Waals surface area contributed by atoms with Crippen LogP contribution in [-0.4, -0.2) is 17.5 Å². The van der Waals surface area contributed by atoms with Gasteiger partial charge in [0.1, 0.15) is 12.4 Å². The van der Waals surface area contributed by atoms with Crippen molar-refractivity contribution in [1.29, 1.82) is 0 Å². The van der Waals surface area contributed by atoms with Crippen molar-refractivity contribution in [3.63, 3.8) is 0 Å². The molecule has 0 saturated carbocycles. The van der Waals surface area contributed by atoms with Gasteiger partial charge in [-0.2, -0.15) is 8.42 Å². The van der Waals surface area contributed by atoms with Crippen LogP contribution < -0.4 is 4.57 Å². The van der Waals surface area contributed by atoms with Crippen LogP contribution >= 0.6 is 0 Å². The van der Waals surface area contributed by atoms with Gasteiger partial charge in [0.15, 0.2) is 0 Å². The second kappa shape index (κ2) is 4.59. The Balaban J connectivity index is 3.04. The van der Waals surface area contributed by atoms with Gasteiger partial charge in [0.25, 0.3) is 0 Å². The van der Waals surface area contributed by atoms with Crippen LogP contribution in [0.2, 0.25) is 0 Å². The molecule has 6 heteroatoms. The molecule has 15 heavy (non-hydrogen) atoms. The number of hydrogen-bond donors (Lipinski definition) is 1. The Labute approximate surface area is 89.4 Å². The molecule has 0 saturated heterocycles. The van der Waals surface area contributed by atoms with Gasteiger partial charge in [0.05, 0.1) is 6.20 Å². The first-order chi connectivity index (χ1) is 6.99. The number of imidazole rings is 1. The summed E-state index contributed by atoms with van der Waals surface area (Å²) in [6.07, 6.45) is 7.43. The minimum atomic E-state index is -4.06. The Morgan fingerprint density at radius 2 is 2.33 bits per heavy atom. The number of hydrogen-bond acceptors (Lipinski definition) is 2. The molecule has 1 heterocycles. The summed E-state index contributed by atoms with van der Waals surface area (Å²) in [6.45, 7) is 5.41. The van der Waals surface area contributed by atoms with Crippen LogP contribution in [0.5, 0.6) is 0 Å². The van der Waals surface area contributed by atoms with Gasteiger partial charge in [0, 0.05) is 6.42 Å². The predicted molar refractivity (Wildman–Crippen MR) is 56.5 cm³/mol. The number of aromatic nitrogens is 2. The van der Waals surface area contributed by atoms with Gasteiger partial charge in [-0.05, 0) is 0 Å².